The molecule has 0 N–H and O–H groups in total. The van der Waals surface area contributed by atoms with Crippen LogP contribution in [0.1, 0.15) is 41.0 Å². The molecule has 0 saturated heterocycles. The van der Waals surface area contributed by atoms with Crippen molar-refractivity contribution in [2.24, 2.45) is 5.92 Å². The van der Waals surface area contributed by atoms with Gasteiger partial charge >= 0.3 is 153 Å². The van der Waals surface area contributed by atoms with E-state index in [-0.39, 0.29) is 43.8 Å². The van der Waals surface area contributed by atoms with Crippen LogP contribution in [0.3, 0.4) is 0 Å². The molecule has 1 aliphatic heterocycles. The summed E-state index contributed by atoms with van der Waals surface area (Å²) < 4.78 is 1.10. The van der Waals surface area contributed by atoms with Gasteiger partial charge in [-0.15, -0.1) is 0 Å². The molecule has 1 heterocycles. The fraction of sp³-hybridized carbons (Fsp3) is 0.250. The predicted octanol–water partition coefficient (Wildman–Crippen LogP) is 2.25. The second-order valence-electron chi connectivity index (χ2n) is 6.33. The van der Waals surface area contributed by atoms with Crippen molar-refractivity contribution in [2.45, 2.75) is 26.3 Å². The van der Waals surface area contributed by atoms with E-state index in [9.17, 15) is 14.4 Å². The van der Waals surface area contributed by atoms with Crippen LogP contribution in [-0.2, 0) is 4.79 Å². The SMILES string of the molecule is CC(C)[C@@H](CC(=O)[Se]c1ccccc1)N1C(=O)c2ccccc2C1=O. The van der Waals surface area contributed by atoms with Crippen molar-refractivity contribution in [3.05, 3.63) is 65.7 Å². The molecule has 2 aromatic rings. The van der Waals surface area contributed by atoms with Gasteiger partial charge in [0.2, 0.25) is 0 Å². The molecule has 0 aromatic heterocycles. The number of amides is 2. The van der Waals surface area contributed by atoms with E-state index >= 15 is 0 Å². The zero-order chi connectivity index (χ0) is 18.0. The third kappa shape index (κ3) is 3.58. The van der Waals surface area contributed by atoms with Gasteiger partial charge in [0.15, 0.2) is 0 Å². The van der Waals surface area contributed by atoms with Crippen molar-refractivity contribution >= 4 is 35.9 Å². The van der Waals surface area contributed by atoms with Crippen LogP contribution in [0.2, 0.25) is 0 Å². The van der Waals surface area contributed by atoms with Crippen molar-refractivity contribution in [3.63, 3.8) is 0 Å². The molecule has 0 aliphatic carbocycles. The Hall–Kier alpha value is -2.23. The third-order valence-electron chi connectivity index (χ3n) is 4.28. The minimum atomic E-state index is -0.412. The Balaban J connectivity index is 1.79. The molecule has 128 valence electrons. The first-order valence-corrected chi connectivity index (χ1v) is 9.93. The van der Waals surface area contributed by atoms with Crippen LogP contribution < -0.4 is 4.46 Å². The van der Waals surface area contributed by atoms with Crippen LogP contribution in [0.15, 0.2) is 54.6 Å². The molecule has 0 spiro atoms. The standard InChI is InChI=1S/C20H19NO3Se/c1-13(2)17(12-18(22)25-14-8-4-3-5-9-14)21-19(23)15-10-6-7-11-16(15)20(21)24/h3-11,13,17H,12H2,1-2H3/t17-/m1/s1. The average Bonchev–Trinajstić information content (AvgIpc) is 2.85. The summed E-state index contributed by atoms with van der Waals surface area (Å²) in [5.41, 5.74) is 0.860. The van der Waals surface area contributed by atoms with E-state index in [1.165, 1.54) is 4.90 Å². The number of fused-ring (bicyclic) bond motifs is 1. The fourth-order valence-corrected chi connectivity index (χ4v) is 4.67. The summed E-state index contributed by atoms with van der Waals surface area (Å²) in [4.78, 5) is 39.2. The number of imide groups is 1. The van der Waals surface area contributed by atoms with E-state index in [1.54, 1.807) is 24.3 Å². The molecule has 25 heavy (non-hydrogen) atoms. The van der Waals surface area contributed by atoms with Crippen LogP contribution in [0.5, 0.6) is 0 Å². The van der Waals surface area contributed by atoms with Crippen molar-refractivity contribution in [2.75, 3.05) is 0 Å². The van der Waals surface area contributed by atoms with Gasteiger partial charge in [-0.25, -0.2) is 0 Å². The average molecular weight is 400 g/mol. The molecule has 0 unspecified atom stereocenters. The molecule has 2 amide bonds. The molecule has 0 bridgehead atoms. The number of hydrogen-bond donors (Lipinski definition) is 0. The molecular weight excluding hydrogens is 381 g/mol. The van der Waals surface area contributed by atoms with Gasteiger partial charge in [0, 0.05) is 0 Å². The molecule has 0 saturated carbocycles. The first-order valence-electron chi connectivity index (χ1n) is 8.21. The summed E-state index contributed by atoms with van der Waals surface area (Å²) in [5, 5.41) is 0. The minimum absolute atomic E-state index is 0.0118. The fourth-order valence-electron chi connectivity index (χ4n) is 2.97. The van der Waals surface area contributed by atoms with Gasteiger partial charge in [-0.1, -0.05) is 0 Å². The number of nitrogens with zero attached hydrogens (tertiary/aromatic N) is 1. The molecular formula is C20H19NO3Se. The van der Waals surface area contributed by atoms with Crippen molar-refractivity contribution in [1.82, 2.24) is 4.90 Å². The zero-order valence-corrected chi connectivity index (χ0v) is 15.9. The monoisotopic (exact) mass is 401 g/mol. The van der Waals surface area contributed by atoms with E-state index in [4.69, 9.17) is 0 Å². The quantitative estimate of drug-likeness (QED) is 0.552. The van der Waals surface area contributed by atoms with Crippen LogP contribution in [0.4, 0.5) is 0 Å². The maximum atomic E-state index is 12.7. The van der Waals surface area contributed by atoms with E-state index < -0.39 is 6.04 Å². The summed E-state index contributed by atoms with van der Waals surface area (Å²) in [6, 6.07) is 16.0. The maximum absolute atomic E-state index is 12.7. The predicted molar refractivity (Wildman–Crippen MR) is 97.0 cm³/mol. The first kappa shape index (κ1) is 17.6. The van der Waals surface area contributed by atoms with Crippen LogP contribution in [0, 0.1) is 5.92 Å². The van der Waals surface area contributed by atoms with Gasteiger partial charge in [-0.05, 0) is 0 Å². The summed E-state index contributed by atoms with van der Waals surface area (Å²) in [7, 11) is 0. The Kier molecular flexibility index (Phi) is 5.16. The Morgan fingerprint density at radius 3 is 1.96 bits per heavy atom. The molecule has 0 radical (unpaired) electrons. The van der Waals surface area contributed by atoms with Crippen molar-refractivity contribution < 1.29 is 14.4 Å². The van der Waals surface area contributed by atoms with Crippen LogP contribution in [0.25, 0.3) is 0 Å². The van der Waals surface area contributed by atoms with Crippen molar-refractivity contribution in [1.29, 1.82) is 0 Å². The summed E-state index contributed by atoms with van der Waals surface area (Å²) in [6.45, 7) is 3.88. The molecule has 4 nitrogen and oxygen atoms in total. The first-order chi connectivity index (χ1) is 12.0. The van der Waals surface area contributed by atoms with Gasteiger partial charge in [0.25, 0.3) is 0 Å². The van der Waals surface area contributed by atoms with Gasteiger partial charge in [0.05, 0.1) is 0 Å². The van der Waals surface area contributed by atoms with Crippen LogP contribution in [-0.4, -0.2) is 42.4 Å². The summed E-state index contributed by atoms with van der Waals surface area (Å²) >= 11 is -0.312. The molecule has 1 atom stereocenters. The number of benzene rings is 2. The molecule has 3 rings (SSSR count). The number of carbonyl (C=O) groups is 3. The second kappa shape index (κ2) is 7.34. The molecule has 0 fully saturated rings. The Morgan fingerprint density at radius 2 is 1.44 bits per heavy atom. The van der Waals surface area contributed by atoms with E-state index in [0.717, 1.165) is 4.46 Å². The third-order valence-corrected chi connectivity index (χ3v) is 6.17. The second-order valence-corrected chi connectivity index (χ2v) is 8.70. The summed E-state index contributed by atoms with van der Waals surface area (Å²) in [6.07, 6.45) is 0.206. The van der Waals surface area contributed by atoms with Gasteiger partial charge in [-0.2, -0.15) is 0 Å². The normalized spacial score (nSPS) is 14.8. The Bertz CT molecular complexity index is 782. The number of hydrogen-bond acceptors (Lipinski definition) is 3. The van der Waals surface area contributed by atoms with Gasteiger partial charge in [-0.3, -0.25) is 0 Å². The van der Waals surface area contributed by atoms with E-state index in [1.807, 2.05) is 44.2 Å². The van der Waals surface area contributed by atoms with Gasteiger partial charge in [0.1, 0.15) is 0 Å². The van der Waals surface area contributed by atoms with Gasteiger partial charge < -0.3 is 0 Å². The van der Waals surface area contributed by atoms with Crippen LogP contribution >= 0.6 is 0 Å². The Morgan fingerprint density at radius 1 is 0.920 bits per heavy atom. The van der Waals surface area contributed by atoms with Crippen molar-refractivity contribution in [3.8, 4) is 0 Å². The molecule has 2 aromatic carbocycles. The summed E-state index contributed by atoms with van der Waals surface area (Å²) in [5.74, 6) is -0.573. The number of carbonyl (C=O) groups excluding carboxylic acids is 3. The Labute approximate surface area is 153 Å². The topological polar surface area (TPSA) is 54.5 Å². The molecule has 5 heteroatoms. The van der Waals surface area contributed by atoms with E-state index in [0.29, 0.717) is 11.1 Å². The zero-order valence-electron chi connectivity index (χ0n) is 14.1. The molecule has 1 aliphatic rings. The van der Waals surface area contributed by atoms with E-state index in [2.05, 4.69) is 0 Å². The number of rotatable bonds is 6.